The molecule has 0 saturated carbocycles. The molecule has 0 bridgehead atoms. The number of carbonyl (C=O) groups excluding carboxylic acids is 1. The second kappa shape index (κ2) is 11.7. The maximum atomic E-state index is 13.9. The summed E-state index contributed by atoms with van der Waals surface area (Å²) in [4.78, 5) is 13.9. The number of benzene rings is 4. The lowest BCUT2D eigenvalue weighted by molar-refractivity contribution is -0.586. The van der Waals surface area contributed by atoms with Crippen LogP contribution in [0.5, 0.6) is 0 Å². The van der Waals surface area contributed by atoms with Crippen LogP contribution in [0, 0.1) is 6.92 Å². The molecule has 0 aliphatic heterocycles. The number of ketones is 1. The average molecular weight is 513 g/mol. The van der Waals surface area contributed by atoms with E-state index in [4.69, 9.17) is 0 Å². The summed E-state index contributed by atoms with van der Waals surface area (Å²) in [5.41, 5.74) is 7.55. The lowest BCUT2D eigenvalue weighted by Crippen LogP contribution is -2.40. The summed E-state index contributed by atoms with van der Waals surface area (Å²) in [6.45, 7) is 2.07. The summed E-state index contributed by atoms with van der Waals surface area (Å²) in [5, 5.41) is 0. The van der Waals surface area contributed by atoms with E-state index in [-0.39, 0.29) is 5.78 Å². The van der Waals surface area contributed by atoms with Crippen molar-refractivity contribution in [3.63, 3.8) is 0 Å². The van der Waals surface area contributed by atoms with Crippen LogP contribution in [-0.4, -0.2) is 13.0 Å². The third kappa shape index (κ3) is 6.82. The van der Waals surface area contributed by atoms with Crippen molar-refractivity contribution in [1.82, 2.24) is 0 Å². The molecule has 7 heteroatoms. The highest BCUT2D eigenvalue weighted by Crippen LogP contribution is 2.27. The first-order valence-corrected chi connectivity index (χ1v) is 12.0. The molecule has 0 fully saturated rings. The van der Waals surface area contributed by atoms with Crippen molar-refractivity contribution in [3.05, 3.63) is 144 Å². The fraction of sp³-hybridized carbons (Fsp3) is 0.0323. The molecule has 0 spiro atoms. The number of rotatable bonds is 5. The van der Waals surface area contributed by atoms with Gasteiger partial charge in [0.25, 0.3) is 11.5 Å². The summed E-state index contributed by atoms with van der Waals surface area (Å²) in [6, 6.07) is 42.5. The van der Waals surface area contributed by atoms with Crippen LogP contribution in [-0.2, 0) is 0 Å². The van der Waals surface area contributed by atoms with Crippen LogP contribution < -0.4 is 4.57 Å². The number of aryl methyl sites for hydroxylation is 1. The summed E-state index contributed by atoms with van der Waals surface area (Å²) in [6.07, 6.45) is 0. The second-order valence-electron chi connectivity index (χ2n) is 8.61. The van der Waals surface area contributed by atoms with E-state index in [2.05, 4.69) is 66.1 Å². The molecule has 4 aromatic carbocycles. The van der Waals surface area contributed by atoms with Gasteiger partial charge in [-0.3, -0.25) is 4.79 Å². The summed E-state index contributed by atoms with van der Waals surface area (Å²) in [7, 11) is -6.00. The molecule has 0 unspecified atom stereocenters. The zero-order valence-corrected chi connectivity index (χ0v) is 20.6. The van der Waals surface area contributed by atoms with Crippen molar-refractivity contribution >= 4 is 13.0 Å². The van der Waals surface area contributed by atoms with E-state index < -0.39 is 7.25 Å². The molecule has 190 valence electrons. The van der Waals surface area contributed by atoms with E-state index in [1.54, 1.807) is 0 Å². The van der Waals surface area contributed by atoms with Crippen molar-refractivity contribution < 1.29 is 26.6 Å². The lowest BCUT2D eigenvalue weighted by atomic mass is 9.98. The minimum Gasteiger partial charge on any atom is -0.418 e. The van der Waals surface area contributed by atoms with Gasteiger partial charge in [-0.2, -0.15) is 0 Å². The van der Waals surface area contributed by atoms with E-state index in [0.717, 1.165) is 28.1 Å². The molecule has 0 aliphatic carbocycles. The Balaban J connectivity index is 0.000000617. The van der Waals surface area contributed by atoms with E-state index in [1.807, 2.05) is 72.8 Å². The van der Waals surface area contributed by atoms with Gasteiger partial charge in [0.05, 0.1) is 0 Å². The number of aromatic nitrogens is 1. The van der Waals surface area contributed by atoms with Crippen molar-refractivity contribution in [2.45, 2.75) is 6.92 Å². The Labute approximate surface area is 219 Å². The summed E-state index contributed by atoms with van der Waals surface area (Å²) >= 11 is 0. The molecular formula is C31H24BF4NO. The topological polar surface area (TPSA) is 20.9 Å². The molecule has 0 amide bonds. The van der Waals surface area contributed by atoms with Crippen LogP contribution in [0.3, 0.4) is 0 Å². The van der Waals surface area contributed by atoms with Gasteiger partial charge in [0, 0.05) is 35.4 Å². The van der Waals surface area contributed by atoms with E-state index >= 15 is 0 Å². The first-order chi connectivity index (χ1) is 18.2. The molecule has 0 aliphatic rings. The normalized spacial score (nSPS) is 10.9. The smallest absolute Gasteiger partial charge is 0.418 e. The van der Waals surface area contributed by atoms with Crippen LogP contribution in [0.2, 0.25) is 0 Å². The molecule has 2 nitrogen and oxygen atoms in total. The number of carbonyl (C=O) groups is 1. The Hall–Kier alpha value is -4.52. The maximum absolute atomic E-state index is 13.9. The fourth-order valence-electron chi connectivity index (χ4n) is 4.09. The van der Waals surface area contributed by atoms with Crippen LogP contribution in [0.4, 0.5) is 17.3 Å². The average Bonchev–Trinajstić information content (AvgIpc) is 2.93. The predicted molar refractivity (Wildman–Crippen MR) is 144 cm³/mol. The molecule has 0 N–H and O–H groups in total. The third-order valence-corrected chi connectivity index (χ3v) is 5.80. The number of halogens is 4. The first-order valence-electron chi connectivity index (χ1n) is 12.0. The van der Waals surface area contributed by atoms with Gasteiger partial charge in [-0.15, -0.1) is 4.57 Å². The zero-order chi connectivity index (χ0) is 27.1. The Bertz CT molecular complexity index is 1500. The molecule has 0 saturated heterocycles. The molecule has 5 aromatic rings. The van der Waals surface area contributed by atoms with Gasteiger partial charge in [-0.25, -0.2) is 0 Å². The van der Waals surface area contributed by atoms with E-state index in [0.29, 0.717) is 11.3 Å². The Morgan fingerprint density at radius 2 is 1.08 bits per heavy atom. The molecule has 1 heterocycles. The highest BCUT2D eigenvalue weighted by Gasteiger charge is 2.29. The van der Waals surface area contributed by atoms with Gasteiger partial charge in [-0.05, 0) is 30.2 Å². The molecule has 0 atom stereocenters. The third-order valence-electron chi connectivity index (χ3n) is 5.80. The Kier molecular flexibility index (Phi) is 8.17. The Morgan fingerprint density at radius 3 is 1.61 bits per heavy atom. The van der Waals surface area contributed by atoms with E-state index in [9.17, 15) is 22.1 Å². The minimum atomic E-state index is -6.00. The van der Waals surface area contributed by atoms with Crippen molar-refractivity contribution in [2.24, 2.45) is 0 Å². The zero-order valence-electron chi connectivity index (χ0n) is 20.6. The van der Waals surface area contributed by atoms with Gasteiger partial charge in [0.1, 0.15) is 0 Å². The molecule has 5 rings (SSSR count). The van der Waals surface area contributed by atoms with Crippen LogP contribution >= 0.6 is 0 Å². The minimum absolute atomic E-state index is 0.00821. The molecular weight excluding hydrogens is 489 g/mol. The summed E-state index contributed by atoms with van der Waals surface area (Å²) < 4.78 is 41.1. The van der Waals surface area contributed by atoms with Gasteiger partial charge in [0.2, 0.25) is 11.4 Å². The lowest BCUT2D eigenvalue weighted by Gasteiger charge is -2.12. The molecule has 0 radical (unpaired) electrons. The monoisotopic (exact) mass is 513 g/mol. The van der Waals surface area contributed by atoms with Gasteiger partial charge in [0.15, 0.2) is 0 Å². The first kappa shape index (κ1) is 26.5. The molecule has 38 heavy (non-hydrogen) atoms. The number of nitrogens with zero attached hydrogens (tertiary/aromatic N) is 1. The van der Waals surface area contributed by atoms with Crippen molar-refractivity contribution in [1.29, 1.82) is 0 Å². The standard InChI is InChI=1S/C31H24NO.BF4/c1-23-17-19-28(20-18-23)32-29(25-13-7-3-8-14-25)21-27(24-11-5-2-6-12-24)22-30(32)31(33)26-15-9-4-10-16-26;2-1(3,4)5/h2-22H,1H3;/q+1;-1. The highest BCUT2D eigenvalue weighted by atomic mass is 19.5. The van der Waals surface area contributed by atoms with E-state index in [1.165, 1.54) is 5.56 Å². The number of hydrogen-bond acceptors (Lipinski definition) is 1. The molecule has 1 aromatic heterocycles. The number of pyridine rings is 1. The fourth-order valence-corrected chi connectivity index (χ4v) is 4.09. The second-order valence-corrected chi connectivity index (χ2v) is 8.61. The van der Waals surface area contributed by atoms with Gasteiger partial charge >= 0.3 is 7.25 Å². The van der Waals surface area contributed by atoms with Crippen molar-refractivity contribution in [2.75, 3.05) is 0 Å². The maximum Gasteiger partial charge on any atom is 0.673 e. The summed E-state index contributed by atoms with van der Waals surface area (Å²) in [5.74, 6) is -0.00821. The van der Waals surface area contributed by atoms with Gasteiger partial charge < -0.3 is 17.3 Å². The quantitative estimate of drug-likeness (QED) is 0.101. The van der Waals surface area contributed by atoms with Crippen LogP contribution in [0.15, 0.2) is 127 Å². The van der Waals surface area contributed by atoms with Gasteiger partial charge in [-0.1, -0.05) is 96.6 Å². The number of hydrogen-bond donors (Lipinski definition) is 0. The van der Waals surface area contributed by atoms with Crippen molar-refractivity contribution in [3.8, 4) is 28.1 Å². The predicted octanol–water partition coefficient (Wildman–Crippen LogP) is 8.14. The SMILES string of the molecule is Cc1ccc(-[n+]2c(C(=O)c3ccccc3)cc(-c3ccccc3)cc2-c2ccccc2)cc1.F[B-](F)(F)F. The largest absolute Gasteiger partial charge is 0.673 e. The van der Waals surface area contributed by atoms with Crippen LogP contribution in [0.1, 0.15) is 21.6 Å². The highest BCUT2D eigenvalue weighted by molar-refractivity contribution is 6.50. The van der Waals surface area contributed by atoms with Crippen LogP contribution in [0.25, 0.3) is 28.1 Å². The Morgan fingerprint density at radius 1 is 0.605 bits per heavy atom.